The van der Waals surface area contributed by atoms with E-state index in [0.29, 0.717) is 16.3 Å². The first kappa shape index (κ1) is 14.1. The second kappa shape index (κ2) is 6.25. The minimum Gasteiger partial charge on any atom is -0.489 e. The summed E-state index contributed by atoms with van der Waals surface area (Å²) in [5.41, 5.74) is 6.40. The number of oxime groups is 1. The van der Waals surface area contributed by atoms with E-state index < -0.39 is 5.82 Å². The third-order valence-electron chi connectivity index (χ3n) is 2.65. The highest BCUT2D eigenvalue weighted by Gasteiger charge is 2.09. The highest BCUT2D eigenvalue weighted by atomic mass is 35.5. The Kier molecular flexibility index (Phi) is 4.42. The van der Waals surface area contributed by atoms with Crippen LogP contribution in [0.1, 0.15) is 11.1 Å². The molecule has 0 unspecified atom stereocenters. The van der Waals surface area contributed by atoms with E-state index in [0.717, 1.165) is 0 Å². The van der Waals surface area contributed by atoms with Gasteiger partial charge in [0.15, 0.2) is 5.84 Å². The minimum absolute atomic E-state index is 0.145. The molecule has 0 aliphatic heterocycles. The zero-order valence-corrected chi connectivity index (χ0v) is 11.1. The molecule has 0 aliphatic rings. The fourth-order valence-corrected chi connectivity index (χ4v) is 1.86. The molecule has 4 nitrogen and oxygen atoms in total. The summed E-state index contributed by atoms with van der Waals surface area (Å²) in [6.45, 7) is 0.145. The van der Waals surface area contributed by atoms with Crippen LogP contribution in [0, 0.1) is 5.82 Å². The van der Waals surface area contributed by atoms with Crippen molar-refractivity contribution in [2.45, 2.75) is 6.61 Å². The van der Waals surface area contributed by atoms with Gasteiger partial charge in [-0.25, -0.2) is 4.39 Å². The largest absolute Gasteiger partial charge is 0.489 e. The van der Waals surface area contributed by atoms with Crippen LogP contribution in [0.5, 0.6) is 5.75 Å². The van der Waals surface area contributed by atoms with E-state index >= 15 is 0 Å². The predicted octanol–water partition coefficient (Wildman–Crippen LogP) is 3.15. The van der Waals surface area contributed by atoms with Gasteiger partial charge in [-0.3, -0.25) is 0 Å². The lowest BCUT2D eigenvalue weighted by Gasteiger charge is -2.10. The number of hydrogen-bond acceptors (Lipinski definition) is 3. The van der Waals surface area contributed by atoms with Crippen LogP contribution in [0.25, 0.3) is 0 Å². The van der Waals surface area contributed by atoms with Crippen LogP contribution >= 0.6 is 11.6 Å². The van der Waals surface area contributed by atoms with Crippen molar-refractivity contribution >= 4 is 17.4 Å². The van der Waals surface area contributed by atoms with Crippen molar-refractivity contribution in [3.8, 4) is 5.75 Å². The van der Waals surface area contributed by atoms with Gasteiger partial charge in [-0.05, 0) is 30.3 Å². The van der Waals surface area contributed by atoms with Gasteiger partial charge in [0.05, 0.1) is 0 Å². The lowest BCUT2D eigenvalue weighted by Crippen LogP contribution is -2.16. The lowest BCUT2D eigenvalue weighted by molar-refractivity contribution is 0.305. The van der Waals surface area contributed by atoms with Crippen molar-refractivity contribution in [3.63, 3.8) is 0 Å². The first-order valence-corrected chi connectivity index (χ1v) is 6.12. The van der Waals surface area contributed by atoms with Crippen LogP contribution in [0.2, 0.25) is 5.02 Å². The van der Waals surface area contributed by atoms with Gasteiger partial charge in [-0.15, -0.1) is 0 Å². The molecule has 2 rings (SSSR count). The number of amidine groups is 1. The van der Waals surface area contributed by atoms with Crippen LogP contribution in [0.3, 0.4) is 0 Å². The monoisotopic (exact) mass is 294 g/mol. The van der Waals surface area contributed by atoms with E-state index in [-0.39, 0.29) is 18.0 Å². The topological polar surface area (TPSA) is 67.8 Å². The van der Waals surface area contributed by atoms with Crippen LogP contribution in [0.4, 0.5) is 4.39 Å². The van der Waals surface area contributed by atoms with Gasteiger partial charge >= 0.3 is 0 Å². The molecule has 0 radical (unpaired) electrons. The summed E-state index contributed by atoms with van der Waals surface area (Å²) in [6, 6.07) is 10.9. The number of ether oxygens (including phenoxy) is 1. The van der Waals surface area contributed by atoms with Crippen molar-refractivity contribution in [2.75, 3.05) is 0 Å². The molecule has 2 aromatic rings. The maximum absolute atomic E-state index is 13.2. The van der Waals surface area contributed by atoms with Crippen LogP contribution in [-0.4, -0.2) is 11.0 Å². The number of hydrogen-bond donors (Lipinski definition) is 2. The van der Waals surface area contributed by atoms with E-state index in [1.807, 2.05) is 0 Å². The zero-order chi connectivity index (χ0) is 14.5. The third kappa shape index (κ3) is 3.39. The average Bonchev–Trinajstić information content (AvgIpc) is 2.45. The molecule has 20 heavy (non-hydrogen) atoms. The average molecular weight is 295 g/mol. The zero-order valence-electron chi connectivity index (χ0n) is 10.4. The van der Waals surface area contributed by atoms with Gasteiger partial charge in [0.25, 0.3) is 0 Å². The Labute approximate surface area is 120 Å². The Bertz CT molecular complexity index is 647. The summed E-state index contributed by atoms with van der Waals surface area (Å²) >= 11 is 5.85. The second-order valence-corrected chi connectivity index (χ2v) is 4.47. The normalized spacial score (nSPS) is 11.4. The van der Waals surface area contributed by atoms with E-state index in [4.69, 9.17) is 27.3 Å². The Morgan fingerprint density at radius 1 is 1.30 bits per heavy atom. The van der Waals surface area contributed by atoms with Crippen molar-refractivity contribution in [2.24, 2.45) is 10.9 Å². The van der Waals surface area contributed by atoms with Gasteiger partial charge in [0.1, 0.15) is 18.2 Å². The summed E-state index contributed by atoms with van der Waals surface area (Å²) in [4.78, 5) is 0. The maximum Gasteiger partial charge on any atom is 0.170 e. The molecule has 0 aromatic heterocycles. The van der Waals surface area contributed by atoms with E-state index in [1.165, 1.54) is 18.2 Å². The number of halogens is 2. The molecule has 3 N–H and O–H groups in total. The number of benzene rings is 2. The van der Waals surface area contributed by atoms with Crippen molar-refractivity contribution < 1.29 is 14.3 Å². The second-order valence-electron chi connectivity index (χ2n) is 4.03. The molecule has 0 atom stereocenters. The van der Waals surface area contributed by atoms with Crippen molar-refractivity contribution in [1.29, 1.82) is 0 Å². The fourth-order valence-electron chi connectivity index (χ4n) is 1.68. The van der Waals surface area contributed by atoms with Crippen LogP contribution < -0.4 is 10.5 Å². The van der Waals surface area contributed by atoms with Crippen molar-refractivity contribution in [1.82, 2.24) is 0 Å². The van der Waals surface area contributed by atoms with E-state index in [2.05, 4.69) is 5.16 Å². The highest BCUT2D eigenvalue weighted by molar-refractivity contribution is 6.30. The van der Waals surface area contributed by atoms with E-state index in [1.54, 1.807) is 24.3 Å². The van der Waals surface area contributed by atoms with Crippen LogP contribution in [-0.2, 0) is 6.61 Å². The minimum atomic E-state index is -0.474. The summed E-state index contributed by atoms with van der Waals surface area (Å²) in [6.07, 6.45) is 0. The smallest absolute Gasteiger partial charge is 0.170 e. The molecule has 0 amide bonds. The number of rotatable bonds is 4. The van der Waals surface area contributed by atoms with Crippen LogP contribution in [0.15, 0.2) is 47.6 Å². The van der Waals surface area contributed by atoms with E-state index in [9.17, 15) is 4.39 Å². The molecule has 2 aromatic carbocycles. The van der Waals surface area contributed by atoms with Gasteiger partial charge in [0, 0.05) is 16.1 Å². The highest BCUT2D eigenvalue weighted by Crippen LogP contribution is 2.19. The van der Waals surface area contributed by atoms with Gasteiger partial charge in [-0.1, -0.05) is 28.9 Å². The summed E-state index contributed by atoms with van der Waals surface area (Å²) in [5, 5.41) is 12.1. The predicted molar refractivity (Wildman–Crippen MR) is 74.7 cm³/mol. The van der Waals surface area contributed by atoms with Gasteiger partial charge < -0.3 is 15.7 Å². The molecule has 6 heteroatoms. The standard InChI is InChI=1S/C14H12ClFN2O2/c15-10-2-1-3-12(6-10)20-8-9-4-5-11(16)7-13(9)14(17)18-19/h1-7,19H,8H2,(H2,17,18). The third-order valence-corrected chi connectivity index (χ3v) is 2.88. The Morgan fingerprint density at radius 2 is 2.10 bits per heavy atom. The van der Waals surface area contributed by atoms with Crippen molar-refractivity contribution in [3.05, 3.63) is 64.4 Å². The maximum atomic E-state index is 13.2. The van der Waals surface area contributed by atoms with Gasteiger partial charge in [-0.2, -0.15) is 0 Å². The molecule has 0 heterocycles. The fraction of sp³-hybridized carbons (Fsp3) is 0.0714. The molecule has 0 aliphatic carbocycles. The van der Waals surface area contributed by atoms with Gasteiger partial charge in [0.2, 0.25) is 0 Å². The summed E-state index contributed by atoms with van der Waals surface area (Å²) in [5.74, 6) is -0.0698. The molecule has 0 bridgehead atoms. The quantitative estimate of drug-likeness (QED) is 0.394. The SMILES string of the molecule is NC(=NO)c1cc(F)ccc1COc1cccc(Cl)c1. The molecule has 0 fully saturated rings. The Hall–Kier alpha value is -2.27. The molecule has 0 saturated heterocycles. The number of nitrogens with zero attached hydrogens (tertiary/aromatic N) is 1. The first-order chi connectivity index (χ1) is 9.60. The molecular formula is C14H12ClFN2O2. The lowest BCUT2D eigenvalue weighted by atomic mass is 10.1. The first-order valence-electron chi connectivity index (χ1n) is 5.75. The summed E-state index contributed by atoms with van der Waals surface area (Å²) < 4.78 is 18.8. The molecular weight excluding hydrogens is 283 g/mol. The molecule has 104 valence electrons. The number of nitrogens with two attached hydrogens (primary N) is 1. The molecule has 0 spiro atoms. The Balaban J connectivity index is 2.21. The Morgan fingerprint density at radius 3 is 2.80 bits per heavy atom. The molecule has 0 saturated carbocycles. The summed E-state index contributed by atoms with van der Waals surface area (Å²) in [7, 11) is 0.